The van der Waals surface area contributed by atoms with Crippen LogP contribution in [0.4, 0.5) is 0 Å². The van der Waals surface area contributed by atoms with Crippen molar-refractivity contribution in [2.45, 2.75) is 19.4 Å². The molecule has 0 aliphatic rings. The molecule has 2 rings (SSSR count). The van der Waals surface area contributed by atoms with E-state index in [9.17, 15) is 0 Å². The van der Waals surface area contributed by atoms with Gasteiger partial charge in [-0.2, -0.15) is 0 Å². The summed E-state index contributed by atoms with van der Waals surface area (Å²) >= 11 is 0. The largest absolute Gasteiger partial charge is 0.497 e. The van der Waals surface area contributed by atoms with Gasteiger partial charge in [0.05, 0.1) is 7.11 Å². The average Bonchev–Trinajstić information content (AvgIpc) is 2.47. The lowest BCUT2D eigenvalue weighted by Crippen LogP contribution is -2.20. The zero-order chi connectivity index (χ0) is 13.7. The average molecular weight is 255 g/mol. The summed E-state index contributed by atoms with van der Waals surface area (Å²) in [7, 11) is 1.69. The Bertz CT molecular complexity index is 510. The first-order valence-electron chi connectivity index (χ1n) is 6.64. The number of hydrogen-bond donors (Lipinski definition) is 1. The van der Waals surface area contributed by atoms with Gasteiger partial charge in [-0.3, -0.25) is 0 Å². The minimum Gasteiger partial charge on any atom is -0.497 e. The normalized spacial score (nSPS) is 13.8. The molecule has 0 bridgehead atoms. The van der Waals surface area contributed by atoms with Crippen molar-refractivity contribution in [2.24, 2.45) is 11.7 Å². The minimum atomic E-state index is 0.0624. The summed E-state index contributed by atoms with van der Waals surface area (Å²) in [6, 6.07) is 18.5. The van der Waals surface area contributed by atoms with Crippen molar-refractivity contribution >= 4 is 0 Å². The monoisotopic (exact) mass is 255 g/mol. The summed E-state index contributed by atoms with van der Waals surface area (Å²) < 4.78 is 5.25. The van der Waals surface area contributed by atoms with Gasteiger partial charge in [-0.15, -0.1) is 0 Å². The topological polar surface area (TPSA) is 35.2 Å². The lowest BCUT2D eigenvalue weighted by atomic mass is 9.90. The first-order valence-corrected chi connectivity index (χ1v) is 6.64. The predicted octanol–water partition coefficient (Wildman–Crippen LogP) is 3.57. The molecule has 2 heteroatoms. The molecule has 0 aliphatic heterocycles. The van der Waals surface area contributed by atoms with Crippen LogP contribution in [0.1, 0.15) is 24.1 Å². The van der Waals surface area contributed by atoms with Crippen LogP contribution in [0.3, 0.4) is 0 Å². The van der Waals surface area contributed by atoms with Gasteiger partial charge in [0, 0.05) is 6.04 Å². The maximum Gasteiger partial charge on any atom is 0.119 e. The van der Waals surface area contributed by atoms with Gasteiger partial charge in [0.25, 0.3) is 0 Å². The van der Waals surface area contributed by atoms with Crippen molar-refractivity contribution in [2.75, 3.05) is 7.11 Å². The molecule has 0 radical (unpaired) electrons. The minimum absolute atomic E-state index is 0.0624. The predicted molar refractivity (Wildman–Crippen MR) is 79.2 cm³/mol. The highest BCUT2D eigenvalue weighted by atomic mass is 16.5. The third-order valence-electron chi connectivity index (χ3n) is 3.49. The van der Waals surface area contributed by atoms with E-state index in [4.69, 9.17) is 10.5 Å². The van der Waals surface area contributed by atoms with E-state index >= 15 is 0 Å². The van der Waals surface area contributed by atoms with Gasteiger partial charge in [-0.05, 0) is 35.6 Å². The fourth-order valence-electron chi connectivity index (χ4n) is 2.30. The lowest BCUT2D eigenvalue weighted by molar-refractivity contribution is 0.412. The summed E-state index contributed by atoms with van der Waals surface area (Å²) in [5, 5.41) is 0. The van der Waals surface area contributed by atoms with Gasteiger partial charge in [0.15, 0.2) is 0 Å². The third-order valence-corrected chi connectivity index (χ3v) is 3.49. The smallest absolute Gasteiger partial charge is 0.119 e. The van der Waals surface area contributed by atoms with Crippen LogP contribution in [0.2, 0.25) is 0 Å². The zero-order valence-corrected chi connectivity index (χ0v) is 11.5. The standard InChI is InChI=1S/C17H21NO/c1-13(17(18)15-8-4-3-5-9-15)11-14-7-6-10-16(12-14)19-2/h3-10,12-13,17H,11,18H2,1-2H3. The molecule has 100 valence electrons. The lowest BCUT2D eigenvalue weighted by Gasteiger charge is -2.20. The van der Waals surface area contributed by atoms with Crippen LogP contribution < -0.4 is 10.5 Å². The van der Waals surface area contributed by atoms with Gasteiger partial charge >= 0.3 is 0 Å². The Labute approximate surface area is 115 Å². The summed E-state index contributed by atoms with van der Waals surface area (Å²) in [4.78, 5) is 0. The highest BCUT2D eigenvalue weighted by Gasteiger charge is 2.15. The van der Waals surface area contributed by atoms with Crippen LogP contribution >= 0.6 is 0 Å². The number of benzene rings is 2. The van der Waals surface area contributed by atoms with Crippen molar-refractivity contribution in [1.82, 2.24) is 0 Å². The van der Waals surface area contributed by atoms with E-state index in [0.29, 0.717) is 5.92 Å². The Balaban J connectivity index is 2.06. The Morgan fingerprint density at radius 2 is 1.79 bits per heavy atom. The van der Waals surface area contributed by atoms with Gasteiger partial charge in [0.1, 0.15) is 5.75 Å². The number of rotatable bonds is 5. The molecule has 2 aromatic rings. The summed E-state index contributed by atoms with van der Waals surface area (Å²) in [5.74, 6) is 1.28. The summed E-state index contributed by atoms with van der Waals surface area (Å²) in [6.45, 7) is 2.19. The van der Waals surface area contributed by atoms with Gasteiger partial charge in [-0.1, -0.05) is 49.4 Å². The first kappa shape index (κ1) is 13.6. The fraction of sp³-hybridized carbons (Fsp3) is 0.294. The molecule has 0 aliphatic carbocycles. The Kier molecular flexibility index (Phi) is 4.58. The molecule has 0 spiro atoms. The SMILES string of the molecule is COc1cccc(CC(C)C(N)c2ccccc2)c1. The van der Waals surface area contributed by atoms with Crippen LogP contribution in [-0.4, -0.2) is 7.11 Å². The number of hydrogen-bond acceptors (Lipinski definition) is 2. The molecule has 2 nitrogen and oxygen atoms in total. The van der Waals surface area contributed by atoms with Crippen LogP contribution in [0.5, 0.6) is 5.75 Å². The molecule has 19 heavy (non-hydrogen) atoms. The van der Waals surface area contributed by atoms with Crippen molar-refractivity contribution in [1.29, 1.82) is 0 Å². The molecule has 2 unspecified atom stereocenters. The molecule has 0 heterocycles. The Hall–Kier alpha value is -1.80. The van der Waals surface area contributed by atoms with E-state index in [0.717, 1.165) is 12.2 Å². The molecular formula is C17H21NO. The van der Waals surface area contributed by atoms with Gasteiger partial charge in [-0.25, -0.2) is 0 Å². The molecule has 2 N–H and O–H groups in total. The second-order valence-electron chi connectivity index (χ2n) is 4.97. The number of methoxy groups -OCH3 is 1. The van der Waals surface area contributed by atoms with E-state index in [1.807, 2.05) is 30.3 Å². The zero-order valence-electron chi connectivity index (χ0n) is 11.5. The van der Waals surface area contributed by atoms with Crippen LogP contribution in [0.15, 0.2) is 54.6 Å². The van der Waals surface area contributed by atoms with Crippen LogP contribution in [0.25, 0.3) is 0 Å². The Morgan fingerprint density at radius 3 is 2.47 bits per heavy atom. The van der Waals surface area contributed by atoms with E-state index in [-0.39, 0.29) is 6.04 Å². The van der Waals surface area contributed by atoms with Gasteiger partial charge < -0.3 is 10.5 Å². The van der Waals surface area contributed by atoms with Crippen molar-refractivity contribution in [3.8, 4) is 5.75 Å². The quantitative estimate of drug-likeness (QED) is 0.886. The first-order chi connectivity index (χ1) is 9.20. The number of ether oxygens (including phenoxy) is 1. The highest BCUT2D eigenvalue weighted by Crippen LogP contribution is 2.24. The summed E-state index contributed by atoms with van der Waals surface area (Å²) in [5.41, 5.74) is 8.78. The van der Waals surface area contributed by atoms with Crippen molar-refractivity contribution in [3.05, 3.63) is 65.7 Å². The maximum absolute atomic E-state index is 6.33. The highest BCUT2D eigenvalue weighted by molar-refractivity contribution is 5.29. The number of nitrogens with two attached hydrogens (primary N) is 1. The molecule has 0 saturated heterocycles. The van der Waals surface area contributed by atoms with E-state index in [1.165, 1.54) is 11.1 Å². The fourth-order valence-corrected chi connectivity index (χ4v) is 2.30. The molecule has 2 aromatic carbocycles. The van der Waals surface area contributed by atoms with Gasteiger partial charge in [0.2, 0.25) is 0 Å². The van der Waals surface area contributed by atoms with Crippen molar-refractivity contribution < 1.29 is 4.74 Å². The third kappa shape index (κ3) is 3.58. The molecule has 2 atom stereocenters. The van der Waals surface area contributed by atoms with Crippen LogP contribution in [0, 0.1) is 5.92 Å². The molecular weight excluding hydrogens is 234 g/mol. The van der Waals surface area contributed by atoms with E-state index in [2.05, 4.69) is 31.2 Å². The van der Waals surface area contributed by atoms with E-state index < -0.39 is 0 Å². The molecule has 0 aromatic heterocycles. The molecule has 0 amide bonds. The van der Waals surface area contributed by atoms with Crippen LogP contribution in [-0.2, 0) is 6.42 Å². The second-order valence-corrected chi connectivity index (χ2v) is 4.97. The summed E-state index contributed by atoms with van der Waals surface area (Å²) in [6.07, 6.45) is 0.952. The molecule has 0 saturated carbocycles. The maximum atomic E-state index is 6.33. The Morgan fingerprint density at radius 1 is 1.05 bits per heavy atom. The second kappa shape index (κ2) is 6.39. The van der Waals surface area contributed by atoms with E-state index in [1.54, 1.807) is 7.11 Å². The molecule has 0 fully saturated rings. The van der Waals surface area contributed by atoms with Crippen molar-refractivity contribution in [3.63, 3.8) is 0 Å².